The number of sulfonamides is 1. The van der Waals surface area contributed by atoms with E-state index in [1.165, 1.54) is 9.21 Å². The molecule has 2 aromatic rings. The number of carbonyl (C=O) groups excluding carboxylic acids is 1. The summed E-state index contributed by atoms with van der Waals surface area (Å²) in [6, 6.07) is 6.70. The Kier molecular flexibility index (Phi) is 3.58. The number of ether oxygens (including phenoxy) is 1. The Morgan fingerprint density at radius 1 is 1.20 bits per heavy atom. The third-order valence-electron chi connectivity index (χ3n) is 4.75. The van der Waals surface area contributed by atoms with Crippen LogP contribution in [0.2, 0.25) is 0 Å². The minimum atomic E-state index is -3.62. The zero-order valence-corrected chi connectivity index (χ0v) is 14.5. The van der Waals surface area contributed by atoms with E-state index in [9.17, 15) is 13.2 Å². The van der Waals surface area contributed by atoms with Gasteiger partial charge in [0.1, 0.15) is 5.60 Å². The molecule has 0 radical (unpaired) electrons. The van der Waals surface area contributed by atoms with Crippen molar-refractivity contribution in [2.24, 2.45) is 0 Å². The van der Waals surface area contributed by atoms with Gasteiger partial charge in [0.15, 0.2) is 0 Å². The third-order valence-corrected chi connectivity index (χ3v) is 6.61. The summed E-state index contributed by atoms with van der Waals surface area (Å²) in [4.78, 5) is 13.4. The molecule has 1 unspecified atom stereocenters. The van der Waals surface area contributed by atoms with E-state index in [2.05, 4.69) is 10.2 Å². The number of nitrogens with one attached hydrogen (secondary N) is 1. The van der Waals surface area contributed by atoms with Crippen molar-refractivity contribution >= 4 is 16.1 Å². The number of aromatic nitrogens is 2. The highest BCUT2D eigenvalue weighted by Gasteiger charge is 2.51. The first-order chi connectivity index (χ1) is 11.9. The van der Waals surface area contributed by atoms with Gasteiger partial charge in [-0.2, -0.15) is 9.40 Å². The van der Waals surface area contributed by atoms with Gasteiger partial charge in [-0.15, -0.1) is 0 Å². The molecule has 1 atom stereocenters. The van der Waals surface area contributed by atoms with Crippen LogP contribution in [0.5, 0.6) is 0 Å². The van der Waals surface area contributed by atoms with Gasteiger partial charge in [0.05, 0.1) is 24.2 Å². The molecule has 2 saturated heterocycles. The Balaban J connectivity index is 1.55. The lowest BCUT2D eigenvalue weighted by Gasteiger charge is -2.21. The number of benzene rings is 1. The second-order valence-corrected chi connectivity index (χ2v) is 8.44. The SMILES string of the molecule is CN1CC2(CCN(S(=O)(=O)c3ccc(-c4cn[nH]c4)cc3)C2)OC1=O. The summed E-state index contributed by atoms with van der Waals surface area (Å²) in [7, 11) is -1.97. The van der Waals surface area contributed by atoms with Gasteiger partial charge in [-0.1, -0.05) is 12.1 Å². The van der Waals surface area contributed by atoms with Gasteiger partial charge in [0.25, 0.3) is 0 Å². The second kappa shape index (κ2) is 5.57. The molecule has 2 aliphatic heterocycles. The van der Waals surface area contributed by atoms with Crippen LogP contribution in [0.25, 0.3) is 11.1 Å². The number of nitrogens with zero attached hydrogens (tertiary/aromatic N) is 3. The van der Waals surface area contributed by atoms with Crippen LogP contribution in [0, 0.1) is 0 Å². The van der Waals surface area contributed by atoms with Crippen LogP contribution in [0.15, 0.2) is 41.6 Å². The van der Waals surface area contributed by atoms with E-state index in [0.717, 1.165) is 11.1 Å². The zero-order chi connectivity index (χ0) is 17.7. The fourth-order valence-corrected chi connectivity index (χ4v) is 4.91. The molecule has 1 N–H and O–H groups in total. The number of aromatic amines is 1. The van der Waals surface area contributed by atoms with Crippen LogP contribution < -0.4 is 0 Å². The molecule has 25 heavy (non-hydrogen) atoms. The van der Waals surface area contributed by atoms with Crippen molar-refractivity contribution in [1.82, 2.24) is 19.4 Å². The largest absolute Gasteiger partial charge is 0.439 e. The van der Waals surface area contributed by atoms with Gasteiger partial charge >= 0.3 is 6.09 Å². The van der Waals surface area contributed by atoms with Crippen molar-refractivity contribution in [2.75, 3.05) is 26.7 Å². The van der Waals surface area contributed by atoms with Gasteiger partial charge in [-0.3, -0.25) is 5.10 Å². The van der Waals surface area contributed by atoms with E-state index in [1.54, 1.807) is 43.7 Å². The molecule has 2 aliphatic rings. The van der Waals surface area contributed by atoms with E-state index in [4.69, 9.17) is 4.74 Å². The Hall–Kier alpha value is -2.39. The molecule has 0 aliphatic carbocycles. The maximum absolute atomic E-state index is 12.9. The summed E-state index contributed by atoms with van der Waals surface area (Å²) in [6.07, 6.45) is 3.54. The van der Waals surface area contributed by atoms with Crippen LogP contribution in [-0.2, 0) is 14.8 Å². The topological polar surface area (TPSA) is 95.6 Å². The van der Waals surface area contributed by atoms with Gasteiger partial charge in [-0.05, 0) is 17.7 Å². The van der Waals surface area contributed by atoms with Crippen LogP contribution in [0.3, 0.4) is 0 Å². The van der Waals surface area contributed by atoms with E-state index < -0.39 is 21.7 Å². The third kappa shape index (κ3) is 2.69. The van der Waals surface area contributed by atoms with Gasteiger partial charge in [0, 0.05) is 31.8 Å². The number of carbonyl (C=O) groups is 1. The van der Waals surface area contributed by atoms with Crippen LogP contribution in [-0.4, -0.2) is 66.2 Å². The van der Waals surface area contributed by atoms with Crippen molar-refractivity contribution < 1.29 is 17.9 Å². The summed E-state index contributed by atoms with van der Waals surface area (Å²) in [5, 5.41) is 6.62. The number of H-pyrrole nitrogens is 1. The molecule has 1 spiro atoms. The maximum atomic E-state index is 12.9. The fourth-order valence-electron chi connectivity index (χ4n) is 3.39. The first-order valence-corrected chi connectivity index (χ1v) is 9.37. The summed E-state index contributed by atoms with van der Waals surface area (Å²) in [5.74, 6) is 0. The molecule has 1 amide bonds. The van der Waals surface area contributed by atoms with Gasteiger partial charge < -0.3 is 9.64 Å². The molecule has 8 nitrogen and oxygen atoms in total. The van der Waals surface area contributed by atoms with Crippen molar-refractivity contribution in [3.05, 3.63) is 36.7 Å². The molecule has 132 valence electrons. The lowest BCUT2D eigenvalue weighted by Crippen LogP contribution is -2.39. The molecule has 0 saturated carbocycles. The monoisotopic (exact) mass is 362 g/mol. The van der Waals surface area contributed by atoms with Crippen molar-refractivity contribution in [3.8, 4) is 11.1 Å². The summed E-state index contributed by atoms with van der Waals surface area (Å²) in [5.41, 5.74) is 1.05. The Labute approximate surface area is 145 Å². The molecule has 3 heterocycles. The first-order valence-electron chi connectivity index (χ1n) is 7.93. The average molecular weight is 362 g/mol. The summed E-state index contributed by atoms with van der Waals surface area (Å²) in [6.45, 7) is 0.944. The van der Waals surface area contributed by atoms with E-state index >= 15 is 0 Å². The zero-order valence-electron chi connectivity index (χ0n) is 13.7. The summed E-state index contributed by atoms with van der Waals surface area (Å²) < 4.78 is 32.6. The van der Waals surface area contributed by atoms with E-state index in [-0.39, 0.29) is 11.4 Å². The number of likely N-dealkylation sites (N-methyl/N-ethyl adjacent to an activating group) is 1. The fraction of sp³-hybridized carbons (Fsp3) is 0.375. The number of hydrogen-bond donors (Lipinski definition) is 1. The Morgan fingerprint density at radius 2 is 1.96 bits per heavy atom. The predicted molar refractivity (Wildman–Crippen MR) is 89.2 cm³/mol. The molecule has 1 aromatic heterocycles. The highest BCUT2D eigenvalue weighted by atomic mass is 32.2. The lowest BCUT2D eigenvalue weighted by molar-refractivity contribution is 0.0687. The molecule has 1 aromatic carbocycles. The maximum Gasteiger partial charge on any atom is 0.410 e. The van der Waals surface area contributed by atoms with E-state index in [0.29, 0.717) is 19.5 Å². The van der Waals surface area contributed by atoms with Crippen LogP contribution in [0.4, 0.5) is 4.79 Å². The summed E-state index contributed by atoms with van der Waals surface area (Å²) >= 11 is 0. The molecule has 9 heteroatoms. The van der Waals surface area contributed by atoms with Crippen molar-refractivity contribution in [1.29, 1.82) is 0 Å². The van der Waals surface area contributed by atoms with E-state index in [1.807, 2.05) is 0 Å². The second-order valence-electron chi connectivity index (χ2n) is 6.51. The quantitative estimate of drug-likeness (QED) is 0.888. The highest BCUT2D eigenvalue weighted by molar-refractivity contribution is 7.89. The van der Waals surface area contributed by atoms with Crippen molar-refractivity contribution in [3.63, 3.8) is 0 Å². The molecule has 4 rings (SSSR count). The minimum absolute atomic E-state index is 0.189. The number of hydrogen-bond acceptors (Lipinski definition) is 5. The molecular weight excluding hydrogens is 344 g/mol. The van der Waals surface area contributed by atoms with Crippen molar-refractivity contribution in [2.45, 2.75) is 16.9 Å². The predicted octanol–water partition coefficient (Wildman–Crippen LogP) is 1.29. The number of rotatable bonds is 3. The van der Waals surface area contributed by atoms with Crippen LogP contribution >= 0.6 is 0 Å². The van der Waals surface area contributed by atoms with Gasteiger partial charge in [-0.25, -0.2) is 13.2 Å². The Bertz CT molecular complexity index is 895. The molecular formula is C16H18N4O4S. The minimum Gasteiger partial charge on any atom is -0.439 e. The smallest absolute Gasteiger partial charge is 0.410 e. The number of amides is 1. The lowest BCUT2D eigenvalue weighted by atomic mass is 10.0. The standard InChI is InChI=1S/C16H18N4O4S/c1-19-10-16(24-15(19)21)6-7-20(11-16)25(22,23)14-4-2-12(3-5-14)13-8-17-18-9-13/h2-5,8-9H,6-7,10-11H2,1H3,(H,17,18). The van der Waals surface area contributed by atoms with Gasteiger partial charge in [0.2, 0.25) is 10.0 Å². The molecule has 0 bridgehead atoms. The average Bonchev–Trinajstić information content (AvgIpc) is 3.30. The van der Waals surface area contributed by atoms with Crippen LogP contribution in [0.1, 0.15) is 6.42 Å². The Morgan fingerprint density at radius 3 is 2.56 bits per heavy atom. The highest BCUT2D eigenvalue weighted by Crippen LogP contribution is 2.34. The first kappa shape index (κ1) is 16.1. The normalized spacial score (nSPS) is 24.2. The molecule has 2 fully saturated rings.